The summed E-state index contributed by atoms with van der Waals surface area (Å²) in [4.78, 5) is 32.1. The van der Waals surface area contributed by atoms with Gasteiger partial charge in [-0.1, -0.05) is 48.0 Å². The third-order valence-electron chi connectivity index (χ3n) is 5.44. The maximum atomic E-state index is 13.5. The number of Topliss-reactive ketones (excluding diaryl/α,β-unsaturated/α-hetero) is 1. The van der Waals surface area contributed by atoms with Crippen LogP contribution in [0, 0.1) is 0 Å². The number of hydrogen-bond donors (Lipinski definition) is 1. The van der Waals surface area contributed by atoms with Crippen LogP contribution in [-0.2, 0) is 11.3 Å². The number of amides is 1. The number of pyridine rings is 1. The summed E-state index contributed by atoms with van der Waals surface area (Å²) in [5.41, 5.74) is 1.88. The molecule has 1 N–H and O–H groups in total. The van der Waals surface area contributed by atoms with Gasteiger partial charge in [0.15, 0.2) is 11.5 Å². The summed E-state index contributed by atoms with van der Waals surface area (Å²) in [6.45, 7) is 0.158. The first kappa shape index (κ1) is 20.0. The van der Waals surface area contributed by atoms with Gasteiger partial charge in [0, 0.05) is 29.3 Å². The van der Waals surface area contributed by atoms with E-state index < -0.39 is 23.5 Å². The first-order valence-corrected chi connectivity index (χ1v) is 10.3. The van der Waals surface area contributed by atoms with E-state index in [0.717, 1.165) is 10.9 Å². The predicted molar refractivity (Wildman–Crippen MR) is 119 cm³/mol. The van der Waals surface area contributed by atoms with E-state index in [1.165, 1.54) is 4.90 Å². The van der Waals surface area contributed by atoms with E-state index in [9.17, 15) is 14.7 Å². The Balaban J connectivity index is 1.61. The lowest BCUT2D eigenvalue weighted by Crippen LogP contribution is -2.30. The lowest BCUT2D eigenvalue weighted by molar-refractivity contribution is -0.130. The Kier molecular flexibility index (Phi) is 4.99. The van der Waals surface area contributed by atoms with Crippen molar-refractivity contribution in [3.8, 4) is 0 Å². The van der Waals surface area contributed by atoms with E-state index >= 15 is 0 Å². The SMILES string of the molecule is O=C(C1=C(O)C(=O)N(Cc2cccnc2)[C@@H]1c1cccc(Cl)c1)c1cc2ccccc2o1. The number of aliphatic hydroxyl groups is 1. The van der Waals surface area contributed by atoms with Crippen LogP contribution in [0.25, 0.3) is 11.0 Å². The van der Waals surface area contributed by atoms with Crippen LogP contribution in [0.5, 0.6) is 0 Å². The average Bonchev–Trinajstić information content (AvgIpc) is 3.34. The van der Waals surface area contributed by atoms with Gasteiger partial charge in [-0.2, -0.15) is 0 Å². The van der Waals surface area contributed by atoms with E-state index in [-0.39, 0.29) is 17.9 Å². The molecule has 1 amide bonds. The molecule has 0 bridgehead atoms. The summed E-state index contributed by atoms with van der Waals surface area (Å²) in [5.74, 6) is -1.73. The number of para-hydroxylation sites is 1. The maximum Gasteiger partial charge on any atom is 0.290 e. The molecule has 1 aliphatic rings. The van der Waals surface area contributed by atoms with Gasteiger partial charge in [-0.3, -0.25) is 14.6 Å². The Labute approximate surface area is 188 Å². The Morgan fingerprint density at radius 1 is 1.09 bits per heavy atom. The Hall–Kier alpha value is -3.90. The molecule has 158 valence electrons. The van der Waals surface area contributed by atoms with Crippen LogP contribution in [0.2, 0.25) is 5.02 Å². The molecule has 0 spiro atoms. The highest BCUT2D eigenvalue weighted by molar-refractivity contribution is 6.30. The largest absolute Gasteiger partial charge is 0.503 e. The molecule has 1 aliphatic heterocycles. The van der Waals surface area contributed by atoms with Crippen molar-refractivity contribution in [2.24, 2.45) is 0 Å². The number of furan rings is 1. The first-order valence-electron chi connectivity index (χ1n) is 9.94. The molecule has 0 fully saturated rings. The van der Waals surface area contributed by atoms with Crippen LogP contribution in [0.3, 0.4) is 0 Å². The van der Waals surface area contributed by atoms with Gasteiger partial charge >= 0.3 is 0 Å². The molecule has 0 aliphatic carbocycles. The zero-order valence-corrected chi connectivity index (χ0v) is 17.5. The molecule has 2 aromatic heterocycles. The fraction of sp³-hybridized carbons (Fsp3) is 0.0800. The van der Waals surface area contributed by atoms with Crippen LogP contribution >= 0.6 is 11.6 Å². The zero-order chi connectivity index (χ0) is 22.2. The van der Waals surface area contributed by atoms with E-state index in [0.29, 0.717) is 16.2 Å². The summed E-state index contributed by atoms with van der Waals surface area (Å²) in [5, 5.41) is 12.0. The average molecular weight is 445 g/mol. The molecule has 1 atom stereocenters. The van der Waals surface area contributed by atoms with E-state index in [1.54, 1.807) is 60.9 Å². The molecule has 3 heterocycles. The number of halogens is 1. The number of aromatic nitrogens is 1. The van der Waals surface area contributed by atoms with Crippen molar-refractivity contribution in [2.45, 2.75) is 12.6 Å². The quantitative estimate of drug-likeness (QED) is 0.424. The highest BCUT2D eigenvalue weighted by atomic mass is 35.5. The van der Waals surface area contributed by atoms with Crippen molar-refractivity contribution >= 4 is 34.3 Å². The second-order valence-corrected chi connectivity index (χ2v) is 7.93. The summed E-state index contributed by atoms with van der Waals surface area (Å²) in [6.07, 6.45) is 3.27. The molecule has 4 aromatic rings. The van der Waals surface area contributed by atoms with Gasteiger partial charge in [0.1, 0.15) is 5.58 Å². The highest BCUT2D eigenvalue weighted by Crippen LogP contribution is 2.41. The smallest absolute Gasteiger partial charge is 0.290 e. The van der Waals surface area contributed by atoms with Gasteiger partial charge < -0.3 is 14.4 Å². The van der Waals surface area contributed by atoms with E-state index in [2.05, 4.69) is 4.98 Å². The molecule has 6 nitrogen and oxygen atoms in total. The monoisotopic (exact) mass is 444 g/mol. The van der Waals surface area contributed by atoms with Crippen LogP contribution in [0.4, 0.5) is 0 Å². The van der Waals surface area contributed by atoms with Crippen molar-refractivity contribution in [1.29, 1.82) is 0 Å². The summed E-state index contributed by atoms with van der Waals surface area (Å²) in [6, 6.07) is 18.5. The minimum atomic E-state index is -0.831. The number of carbonyl (C=O) groups is 2. The Morgan fingerprint density at radius 3 is 2.69 bits per heavy atom. The summed E-state index contributed by atoms with van der Waals surface area (Å²) < 4.78 is 5.73. The molecule has 32 heavy (non-hydrogen) atoms. The standard InChI is InChI=1S/C25H17ClN2O4/c26-18-8-3-7-17(11-18)22-21(23(29)20-12-16-6-1-2-9-19(16)32-20)24(30)25(31)28(22)14-15-5-4-10-27-13-15/h1-13,22,30H,14H2/t22-/m1/s1. The third-order valence-corrected chi connectivity index (χ3v) is 5.67. The molecule has 5 rings (SSSR count). The number of carbonyl (C=O) groups excluding carboxylic acids is 2. The number of nitrogens with zero attached hydrogens (tertiary/aromatic N) is 2. The van der Waals surface area contributed by atoms with Crippen LogP contribution < -0.4 is 0 Å². The molecular weight excluding hydrogens is 428 g/mol. The third kappa shape index (κ3) is 3.44. The van der Waals surface area contributed by atoms with Crippen LogP contribution in [-0.4, -0.2) is 26.7 Å². The fourth-order valence-corrected chi connectivity index (χ4v) is 4.19. The Bertz CT molecular complexity index is 1340. The van der Waals surface area contributed by atoms with Gasteiger partial charge in [-0.05, 0) is 41.5 Å². The topological polar surface area (TPSA) is 83.6 Å². The number of benzene rings is 2. The zero-order valence-electron chi connectivity index (χ0n) is 16.7. The van der Waals surface area contributed by atoms with E-state index in [4.69, 9.17) is 16.0 Å². The number of fused-ring (bicyclic) bond motifs is 1. The van der Waals surface area contributed by atoms with Gasteiger partial charge in [0.05, 0.1) is 11.6 Å². The van der Waals surface area contributed by atoms with Crippen LogP contribution in [0.1, 0.15) is 27.7 Å². The fourth-order valence-electron chi connectivity index (χ4n) is 3.99. The molecule has 0 saturated carbocycles. The molecule has 0 unspecified atom stereocenters. The van der Waals surface area contributed by atoms with Crippen molar-refractivity contribution in [3.05, 3.63) is 112 Å². The summed E-state index contributed by atoms with van der Waals surface area (Å²) in [7, 11) is 0. The minimum absolute atomic E-state index is 0.0415. The highest BCUT2D eigenvalue weighted by Gasteiger charge is 2.44. The number of rotatable bonds is 5. The van der Waals surface area contributed by atoms with Gasteiger partial charge in [0.2, 0.25) is 5.78 Å². The van der Waals surface area contributed by atoms with Crippen LogP contribution in [0.15, 0.2) is 94.9 Å². The van der Waals surface area contributed by atoms with Gasteiger partial charge in [0.25, 0.3) is 5.91 Å². The summed E-state index contributed by atoms with van der Waals surface area (Å²) >= 11 is 6.21. The Morgan fingerprint density at radius 2 is 1.94 bits per heavy atom. The van der Waals surface area contributed by atoms with Crippen molar-refractivity contribution in [3.63, 3.8) is 0 Å². The number of aliphatic hydroxyl groups excluding tert-OH is 1. The first-order chi connectivity index (χ1) is 15.5. The second-order valence-electron chi connectivity index (χ2n) is 7.49. The van der Waals surface area contributed by atoms with Crippen molar-refractivity contribution in [1.82, 2.24) is 9.88 Å². The molecule has 0 saturated heterocycles. The normalized spacial score (nSPS) is 16.2. The maximum absolute atomic E-state index is 13.5. The van der Waals surface area contributed by atoms with Crippen molar-refractivity contribution < 1.29 is 19.1 Å². The van der Waals surface area contributed by atoms with E-state index in [1.807, 2.05) is 18.2 Å². The second kappa shape index (κ2) is 7.98. The van der Waals surface area contributed by atoms with Crippen molar-refractivity contribution in [2.75, 3.05) is 0 Å². The molecule has 0 radical (unpaired) electrons. The molecular formula is C25H17ClN2O4. The molecule has 2 aromatic carbocycles. The minimum Gasteiger partial charge on any atom is -0.503 e. The molecule has 7 heteroatoms. The van der Waals surface area contributed by atoms with Gasteiger partial charge in [-0.25, -0.2) is 0 Å². The predicted octanol–water partition coefficient (Wildman–Crippen LogP) is 5.26. The lowest BCUT2D eigenvalue weighted by atomic mass is 9.95. The number of ketones is 1. The van der Waals surface area contributed by atoms with Gasteiger partial charge in [-0.15, -0.1) is 0 Å². The lowest BCUT2D eigenvalue weighted by Gasteiger charge is -2.26. The number of hydrogen-bond acceptors (Lipinski definition) is 5.